The highest BCUT2D eigenvalue weighted by Crippen LogP contribution is 2.35. The molecular weight excluding hydrogens is 468 g/mol. The van der Waals surface area contributed by atoms with E-state index in [0.717, 1.165) is 5.56 Å². The SMILES string of the molecule is CC(C)N(C(=O)O)[C@@H]1CN(C(=O)C2CCN(c3cnc(C#N)cn3)CC2)C[C@H]1c1ccc(Cl)cc1. The molecule has 2 amide bonds. The Kier molecular flexibility index (Phi) is 7.41. The molecule has 2 aromatic rings. The molecule has 0 unspecified atom stereocenters. The van der Waals surface area contributed by atoms with E-state index in [1.54, 1.807) is 18.3 Å². The number of carbonyl (C=O) groups is 2. The minimum Gasteiger partial charge on any atom is -0.465 e. The smallest absolute Gasteiger partial charge is 0.407 e. The summed E-state index contributed by atoms with van der Waals surface area (Å²) in [4.78, 5) is 39.4. The average molecular weight is 497 g/mol. The molecule has 1 N–H and O–H groups in total. The molecule has 0 bridgehead atoms. The molecule has 10 heteroatoms. The van der Waals surface area contributed by atoms with Gasteiger partial charge in [0.25, 0.3) is 0 Å². The number of anilines is 1. The summed E-state index contributed by atoms with van der Waals surface area (Å²) in [7, 11) is 0. The van der Waals surface area contributed by atoms with Gasteiger partial charge in [0.2, 0.25) is 5.91 Å². The van der Waals surface area contributed by atoms with Crippen LogP contribution in [0.1, 0.15) is 43.9 Å². The number of hydrogen-bond acceptors (Lipinski definition) is 6. The summed E-state index contributed by atoms with van der Waals surface area (Å²) < 4.78 is 0. The van der Waals surface area contributed by atoms with Crippen LogP contribution in [0.25, 0.3) is 0 Å². The number of piperidine rings is 1. The Morgan fingerprint density at radius 1 is 1.14 bits per heavy atom. The second kappa shape index (κ2) is 10.5. The number of likely N-dealkylation sites (tertiary alicyclic amines) is 1. The van der Waals surface area contributed by atoms with Crippen LogP contribution in [0, 0.1) is 17.2 Å². The predicted molar refractivity (Wildman–Crippen MR) is 131 cm³/mol. The van der Waals surface area contributed by atoms with E-state index in [1.807, 2.05) is 36.9 Å². The van der Waals surface area contributed by atoms with Crippen LogP contribution in [0.15, 0.2) is 36.7 Å². The number of carboxylic acid groups (broad SMARTS) is 1. The first-order valence-electron chi connectivity index (χ1n) is 11.8. The molecule has 2 atom stereocenters. The summed E-state index contributed by atoms with van der Waals surface area (Å²) in [5.74, 6) is 0.530. The van der Waals surface area contributed by atoms with Gasteiger partial charge in [-0.25, -0.2) is 14.8 Å². The zero-order chi connectivity index (χ0) is 25.1. The minimum absolute atomic E-state index is 0.0751. The molecule has 1 aromatic carbocycles. The molecule has 0 saturated carbocycles. The van der Waals surface area contributed by atoms with Crippen molar-refractivity contribution in [3.8, 4) is 6.07 Å². The van der Waals surface area contributed by atoms with Gasteiger partial charge in [0.15, 0.2) is 5.69 Å². The predicted octanol–water partition coefficient (Wildman–Crippen LogP) is 3.60. The van der Waals surface area contributed by atoms with E-state index in [-0.39, 0.29) is 35.5 Å². The molecule has 184 valence electrons. The summed E-state index contributed by atoms with van der Waals surface area (Å²) in [5.41, 5.74) is 1.25. The number of rotatable bonds is 5. The zero-order valence-electron chi connectivity index (χ0n) is 19.8. The quantitative estimate of drug-likeness (QED) is 0.672. The molecule has 0 radical (unpaired) electrons. The van der Waals surface area contributed by atoms with Crippen molar-refractivity contribution >= 4 is 29.4 Å². The number of hydrogen-bond donors (Lipinski definition) is 1. The third-order valence-electron chi connectivity index (χ3n) is 6.95. The van der Waals surface area contributed by atoms with Crippen molar-refractivity contribution < 1.29 is 14.7 Å². The highest BCUT2D eigenvalue weighted by atomic mass is 35.5. The highest BCUT2D eigenvalue weighted by molar-refractivity contribution is 6.30. The molecule has 0 aliphatic carbocycles. The van der Waals surface area contributed by atoms with Gasteiger partial charge in [-0.15, -0.1) is 0 Å². The fraction of sp³-hybridized carbons (Fsp3) is 0.480. The molecular formula is C25H29ClN6O3. The average Bonchev–Trinajstić information content (AvgIpc) is 3.28. The van der Waals surface area contributed by atoms with E-state index >= 15 is 0 Å². The topological polar surface area (TPSA) is 114 Å². The maximum absolute atomic E-state index is 13.5. The molecule has 2 aliphatic heterocycles. The number of aromatic nitrogens is 2. The molecule has 35 heavy (non-hydrogen) atoms. The molecule has 3 heterocycles. The molecule has 2 aliphatic rings. The number of benzene rings is 1. The maximum atomic E-state index is 13.5. The number of nitrogens with zero attached hydrogens (tertiary/aromatic N) is 6. The second-order valence-electron chi connectivity index (χ2n) is 9.39. The largest absolute Gasteiger partial charge is 0.465 e. The Bertz CT molecular complexity index is 1090. The summed E-state index contributed by atoms with van der Waals surface area (Å²) in [6, 6.07) is 8.88. The number of nitriles is 1. The van der Waals surface area contributed by atoms with E-state index in [0.29, 0.717) is 49.9 Å². The van der Waals surface area contributed by atoms with E-state index < -0.39 is 6.09 Å². The summed E-state index contributed by atoms with van der Waals surface area (Å²) >= 11 is 6.07. The van der Waals surface area contributed by atoms with Crippen LogP contribution in [0.4, 0.5) is 10.6 Å². The van der Waals surface area contributed by atoms with Gasteiger partial charge < -0.3 is 19.8 Å². The fourth-order valence-electron chi connectivity index (χ4n) is 5.19. The van der Waals surface area contributed by atoms with Crippen molar-refractivity contribution in [3.05, 3.63) is 52.9 Å². The van der Waals surface area contributed by atoms with E-state index in [4.69, 9.17) is 16.9 Å². The number of halogens is 1. The normalized spacial score (nSPS) is 20.7. The molecule has 1 aromatic heterocycles. The van der Waals surface area contributed by atoms with Crippen LogP contribution < -0.4 is 4.90 Å². The van der Waals surface area contributed by atoms with Crippen molar-refractivity contribution in [2.45, 2.75) is 44.7 Å². The Balaban J connectivity index is 1.47. The lowest BCUT2D eigenvalue weighted by Crippen LogP contribution is -2.48. The molecule has 4 rings (SSSR count). The first-order valence-corrected chi connectivity index (χ1v) is 12.2. The number of carbonyl (C=O) groups excluding carboxylic acids is 1. The maximum Gasteiger partial charge on any atom is 0.407 e. The lowest BCUT2D eigenvalue weighted by molar-refractivity contribution is -0.135. The highest BCUT2D eigenvalue weighted by Gasteiger charge is 2.43. The van der Waals surface area contributed by atoms with Gasteiger partial charge in [-0.3, -0.25) is 4.79 Å². The third kappa shape index (κ3) is 5.33. The molecule has 0 spiro atoms. The van der Waals surface area contributed by atoms with E-state index in [1.165, 1.54) is 11.1 Å². The summed E-state index contributed by atoms with van der Waals surface area (Å²) in [5, 5.41) is 19.4. The number of amides is 2. The lowest BCUT2D eigenvalue weighted by atomic mass is 9.92. The van der Waals surface area contributed by atoms with Gasteiger partial charge in [0, 0.05) is 49.1 Å². The lowest BCUT2D eigenvalue weighted by Gasteiger charge is -2.34. The Morgan fingerprint density at radius 3 is 2.37 bits per heavy atom. The van der Waals surface area contributed by atoms with Crippen LogP contribution in [0.5, 0.6) is 0 Å². The van der Waals surface area contributed by atoms with Crippen LogP contribution in [-0.2, 0) is 4.79 Å². The minimum atomic E-state index is -0.977. The van der Waals surface area contributed by atoms with Gasteiger partial charge in [-0.2, -0.15) is 5.26 Å². The van der Waals surface area contributed by atoms with Crippen LogP contribution >= 0.6 is 11.6 Å². The van der Waals surface area contributed by atoms with Gasteiger partial charge in [-0.1, -0.05) is 23.7 Å². The molecule has 2 saturated heterocycles. The fourth-order valence-corrected chi connectivity index (χ4v) is 5.31. The van der Waals surface area contributed by atoms with Crippen molar-refractivity contribution in [1.82, 2.24) is 19.8 Å². The van der Waals surface area contributed by atoms with Crippen molar-refractivity contribution in [2.75, 3.05) is 31.1 Å². The van der Waals surface area contributed by atoms with Crippen molar-refractivity contribution in [2.24, 2.45) is 5.92 Å². The second-order valence-corrected chi connectivity index (χ2v) is 9.82. The standard InChI is InChI=1S/C25H29ClN6O3/c1-16(2)32(25(34)35)22-15-31(14-21(22)17-3-5-19(26)6-4-17)24(33)18-7-9-30(10-8-18)23-13-28-20(11-27)12-29-23/h3-6,12-13,16,18,21-22H,7-10,14-15H2,1-2H3,(H,34,35)/t21-,22+/m0/s1. The Morgan fingerprint density at radius 2 is 1.83 bits per heavy atom. The monoisotopic (exact) mass is 496 g/mol. The zero-order valence-corrected chi connectivity index (χ0v) is 20.6. The van der Waals surface area contributed by atoms with Gasteiger partial charge >= 0.3 is 6.09 Å². The van der Waals surface area contributed by atoms with Gasteiger partial charge in [-0.05, 0) is 44.4 Å². The van der Waals surface area contributed by atoms with Crippen LogP contribution in [0.3, 0.4) is 0 Å². The molecule has 9 nitrogen and oxygen atoms in total. The van der Waals surface area contributed by atoms with Crippen LogP contribution in [-0.4, -0.2) is 75.1 Å². The Hall–Kier alpha value is -3.38. The first-order chi connectivity index (χ1) is 16.8. The van der Waals surface area contributed by atoms with E-state index in [2.05, 4.69) is 14.9 Å². The van der Waals surface area contributed by atoms with Gasteiger partial charge in [0.1, 0.15) is 11.9 Å². The Labute approximate surface area is 209 Å². The van der Waals surface area contributed by atoms with E-state index in [9.17, 15) is 14.7 Å². The van der Waals surface area contributed by atoms with Crippen molar-refractivity contribution in [1.29, 1.82) is 5.26 Å². The summed E-state index contributed by atoms with van der Waals surface area (Å²) in [6.07, 6.45) is 3.43. The third-order valence-corrected chi connectivity index (χ3v) is 7.21. The summed E-state index contributed by atoms with van der Waals surface area (Å²) in [6.45, 7) is 5.91. The first kappa shape index (κ1) is 24.7. The molecule has 2 fully saturated rings. The van der Waals surface area contributed by atoms with Crippen LogP contribution in [0.2, 0.25) is 5.02 Å². The van der Waals surface area contributed by atoms with Crippen molar-refractivity contribution in [3.63, 3.8) is 0 Å². The van der Waals surface area contributed by atoms with Gasteiger partial charge in [0.05, 0.1) is 18.4 Å².